The van der Waals surface area contributed by atoms with Crippen LogP contribution in [-0.2, 0) is 0 Å². The zero-order valence-corrected chi connectivity index (χ0v) is 14.5. The highest BCUT2D eigenvalue weighted by atomic mass is 19.1. The molecule has 1 saturated carbocycles. The molecule has 0 spiro atoms. The monoisotopic (exact) mass is 343 g/mol. The van der Waals surface area contributed by atoms with Crippen LogP contribution < -0.4 is 10.1 Å². The lowest BCUT2D eigenvalue weighted by atomic mass is 9.91. The standard InChI is InChI=1S/C20H26FN3O/c21-16-5-1-8-18(15-16)25-20-10-3-9-19(22-20)24-12-4-11-23(13-14-24)17-6-2-7-17/h1,3,5,8-10,15,17,20,22H,2,4,6-7,11-14H2. The minimum absolute atomic E-state index is 0.271. The summed E-state index contributed by atoms with van der Waals surface area (Å²) in [6.45, 7) is 4.43. The zero-order chi connectivity index (χ0) is 17.1. The Labute approximate surface area is 148 Å². The molecule has 5 heteroatoms. The third-order valence-corrected chi connectivity index (χ3v) is 5.35. The first-order valence-corrected chi connectivity index (χ1v) is 9.34. The summed E-state index contributed by atoms with van der Waals surface area (Å²) in [5.41, 5.74) is 0. The molecule has 0 radical (unpaired) electrons. The van der Waals surface area contributed by atoms with Crippen molar-refractivity contribution in [2.24, 2.45) is 0 Å². The van der Waals surface area contributed by atoms with Crippen molar-refractivity contribution in [1.82, 2.24) is 15.1 Å². The largest absolute Gasteiger partial charge is 0.467 e. The quantitative estimate of drug-likeness (QED) is 0.909. The van der Waals surface area contributed by atoms with E-state index in [0.717, 1.165) is 31.5 Å². The number of nitrogens with one attached hydrogen (secondary N) is 1. The lowest BCUT2D eigenvalue weighted by Gasteiger charge is -2.37. The second-order valence-corrected chi connectivity index (χ2v) is 7.04. The Hall–Kier alpha value is -2.01. The Balaban J connectivity index is 1.34. The molecule has 1 saturated heterocycles. The van der Waals surface area contributed by atoms with E-state index < -0.39 is 0 Å². The summed E-state index contributed by atoms with van der Waals surface area (Å²) in [5, 5.41) is 3.43. The number of halogens is 1. The van der Waals surface area contributed by atoms with Crippen molar-refractivity contribution >= 4 is 0 Å². The predicted molar refractivity (Wildman–Crippen MR) is 96.6 cm³/mol. The summed E-state index contributed by atoms with van der Waals surface area (Å²) in [4.78, 5) is 5.06. The van der Waals surface area contributed by atoms with Gasteiger partial charge < -0.3 is 15.0 Å². The van der Waals surface area contributed by atoms with Crippen LogP contribution >= 0.6 is 0 Å². The molecule has 0 aromatic heterocycles. The Morgan fingerprint density at radius 2 is 2.00 bits per heavy atom. The van der Waals surface area contributed by atoms with E-state index in [1.54, 1.807) is 12.1 Å². The Morgan fingerprint density at radius 3 is 2.80 bits per heavy atom. The second-order valence-electron chi connectivity index (χ2n) is 7.04. The van der Waals surface area contributed by atoms with Gasteiger partial charge in [0.1, 0.15) is 17.4 Å². The topological polar surface area (TPSA) is 27.7 Å². The van der Waals surface area contributed by atoms with Crippen molar-refractivity contribution in [2.75, 3.05) is 26.2 Å². The fourth-order valence-corrected chi connectivity index (χ4v) is 3.74. The van der Waals surface area contributed by atoms with Crippen molar-refractivity contribution in [1.29, 1.82) is 0 Å². The van der Waals surface area contributed by atoms with Crippen molar-refractivity contribution in [3.63, 3.8) is 0 Å². The number of dihydropyridines is 1. The zero-order valence-electron chi connectivity index (χ0n) is 14.5. The number of nitrogens with zero attached hydrogens (tertiary/aromatic N) is 2. The maximum Gasteiger partial charge on any atom is 0.190 e. The van der Waals surface area contributed by atoms with Gasteiger partial charge in [0.2, 0.25) is 0 Å². The summed E-state index contributed by atoms with van der Waals surface area (Å²) in [7, 11) is 0. The van der Waals surface area contributed by atoms with Crippen molar-refractivity contribution in [3.8, 4) is 5.75 Å². The Morgan fingerprint density at radius 1 is 1.08 bits per heavy atom. The fourth-order valence-electron chi connectivity index (χ4n) is 3.74. The summed E-state index contributed by atoms with van der Waals surface area (Å²) >= 11 is 0. The van der Waals surface area contributed by atoms with Crippen molar-refractivity contribution in [3.05, 3.63) is 54.1 Å². The lowest BCUT2D eigenvalue weighted by Crippen LogP contribution is -2.44. The smallest absolute Gasteiger partial charge is 0.190 e. The number of allylic oxidation sites excluding steroid dienone is 2. The van der Waals surface area contributed by atoms with Gasteiger partial charge in [-0.05, 0) is 43.5 Å². The molecule has 1 aromatic carbocycles. The van der Waals surface area contributed by atoms with E-state index in [4.69, 9.17) is 4.74 Å². The molecule has 2 aliphatic heterocycles. The third kappa shape index (κ3) is 3.98. The molecule has 3 aliphatic rings. The molecule has 1 atom stereocenters. The first-order chi connectivity index (χ1) is 12.3. The highest BCUT2D eigenvalue weighted by molar-refractivity contribution is 5.25. The van der Waals surface area contributed by atoms with E-state index in [1.807, 2.05) is 12.2 Å². The van der Waals surface area contributed by atoms with Gasteiger partial charge in [0, 0.05) is 38.3 Å². The Bertz CT molecular complexity index is 656. The van der Waals surface area contributed by atoms with Crippen LogP contribution in [0.3, 0.4) is 0 Å². The van der Waals surface area contributed by atoms with E-state index in [-0.39, 0.29) is 12.0 Å². The molecule has 1 aliphatic carbocycles. The number of benzene rings is 1. The summed E-state index contributed by atoms with van der Waals surface area (Å²) in [6, 6.07) is 7.09. The van der Waals surface area contributed by atoms with E-state index in [2.05, 4.69) is 21.2 Å². The summed E-state index contributed by atoms with van der Waals surface area (Å²) in [6.07, 6.45) is 11.1. The third-order valence-electron chi connectivity index (χ3n) is 5.35. The van der Waals surface area contributed by atoms with Crippen LogP contribution in [0.25, 0.3) is 0 Å². The maximum atomic E-state index is 13.3. The molecule has 1 aromatic rings. The number of hydrogen-bond acceptors (Lipinski definition) is 4. The van der Waals surface area contributed by atoms with E-state index in [1.165, 1.54) is 44.4 Å². The Kier molecular flexibility index (Phi) is 4.92. The molecule has 1 N–H and O–H groups in total. The van der Waals surface area contributed by atoms with Gasteiger partial charge in [0.15, 0.2) is 6.23 Å². The van der Waals surface area contributed by atoms with Crippen molar-refractivity contribution in [2.45, 2.75) is 38.0 Å². The normalized spacial score (nSPS) is 24.9. The molecule has 4 rings (SSSR count). The molecule has 4 nitrogen and oxygen atoms in total. The predicted octanol–water partition coefficient (Wildman–Crippen LogP) is 3.09. The number of hydrogen-bond donors (Lipinski definition) is 1. The highest BCUT2D eigenvalue weighted by Crippen LogP contribution is 2.26. The van der Waals surface area contributed by atoms with E-state index >= 15 is 0 Å². The van der Waals surface area contributed by atoms with Gasteiger partial charge in [-0.25, -0.2) is 4.39 Å². The SMILES string of the molecule is Fc1cccc(OC2C=CC=C(N3CCCN(C4CCC4)CC3)N2)c1. The number of ether oxygens (including phenoxy) is 1. The summed E-state index contributed by atoms with van der Waals surface area (Å²) < 4.78 is 19.2. The van der Waals surface area contributed by atoms with Gasteiger partial charge in [-0.2, -0.15) is 0 Å². The first kappa shape index (κ1) is 16.5. The maximum absolute atomic E-state index is 13.3. The molecule has 0 bridgehead atoms. The molecule has 1 unspecified atom stereocenters. The fraction of sp³-hybridized carbons (Fsp3) is 0.500. The minimum atomic E-state index is -0.281. The van der Waals surface area contributed by atoms with Gasteiger partial charge >= 0.3 is 0 Å². The molecule has 0 amide bonds. The average Bonchev–Trinajstić information content (AvgIpc) is 2.80. The van der Waals surface area contributed by atoms with E-state index in [9.17, 15) is 4.39 Å². The van der Waals surface area contributed by atoms with Crippen LogP contribution in [0.15, 0.2) is 48.3 Å². The second kappa shape index (κ2) is 7.48. The molecule has 2 fully saturated rings. The highest BCUT2D eigenvalue weighted by Gasteiger charge is 2.27. The molecule has 2 heterocycles. The lowest BCUT2D eigenvalue weighted by molar-refractivity contribution is 0.131. The average molecular weight is 343 g/mol. The molecular formula is C20H26FN3O. The van der Waals surface area contributed by atoms with Crippen LogP contribution in [-0.4, -0.2) is 48.2 Å². The van der Waals surface area contributed by atoms with Crippen molar-refractivity contribution < 1.29 is 9.13 Å². The number of rotatable bonds is 4. The first-order valence-electron chi connectivity index (χ1n) is 9.34. The van der Waals surface area contributed by atoms with Gasteiger partial charge in [0.25, 0.3) is 0 Å². The van der Waals surface area contributed by atoms with Crippen LogP contribution in [0.5, 0.6) is 5.75 Å². The van der Waals surface area contributed by atoms with Gasteiger partial charge in [0.05, 0.1) is 0 Å². The van der Waals surface area contributed by atoms with Gasteiger partial charge in [-0.15, -0.1) is 0 Å². The molecule has 134 valence electrons. The molecule has 25 heavy (non-hydrogen) atoms. The van der Waals surface area contributed by atoms with Gasteiger partial charge in [-0.1, -0.05) is 18.6 Å². The van der Waals surface area contributed by atoms with Crippen LogP contribution in [0, 0.1) is 5.82 Å². The molecular weight excluding hydrogens is 317 g/mol. The van der Waals surface area contributed by atoms with E-state index in [0.29, 0.717) is 5.75 Å². The van der Waals surface area contributed by atoms with Gasteiger partial charge in [-0.3, -0.25) is 4.90 Å². The van der Waals surface area contributed by atoms with Crippen LogP contribution in [0.2, 0.25) is 0 Å². The minimum Gasteiger partial charge on any atom is -0.467 e. The summed E-state index contributed by atoms with van der Waals surface area (Å²) in [5.74, 6) is 1.35. The van der Waals surface area contributed by atoms with Crippen LogP contribution in [0.1, 0.15) is 25.7 Å². The van der Waals surface area contributed by atoms with Crippen LogP contribution in [0.4, 0.5) is 4.39 Å².